The van der Waals surface area contributed by atoms with E-state index in [4.69, 9.17) is 0 Å². The molecule has 0 bridgehead atoms. The van der Waals surface area contributed by atoms with Gasteiger partial charge in [0.15, 0.2) is 0 Å². The van der Waals surface area contributed by atoms with Crippen LogP contribution < -0.4 is 5.32 Å². The van der Waals surface area contributed by atoms with E-state index in [1.807, 2.05) is 18.2 Å². The fraction of sp³-hybridized carbons (Fsp3) is 0.250. The molecule has 2 nitrogen and oxygen atoms in total. The zero-order valence-corrected chi connectivity index (χ0v) is 9.10. The number of thiol groups is 1. The van der Waals surface area contributed by atoms with Gasteiger partial charge >= 0.3 is 0 Å². The van der Waals surface area contributed by atoms with Crippen molar-refractivity contribution in [2.75, 3.05) is 11.1 Å². The Morgan fingerprint density at radius 3 is 3.13 bits per heavy atom. The maximum atomic E-state index is 11.1. The minimum absolute atomic E-state index is 0.0606. The normalized spacial score (nSPS) is 12.7. The van der Waals surface area contributed by atoms with Crippen LogP contribution in [0.4, 0.5) is 5.69 Å². The van der Waals surface area contributed by atoms with Crippen LogP contribution in [0.15, 0.2) is 18.2 Å². The van der Waals surface area contributed by atoms with Crippen molar-refractivity contribution < 1.29 is 4.79 Å². The predicted octanol–water partition coefficient (Wildman–Crippen LogP) is 1.85. The number of hydrogen-bond donors (Lipinski definition) is 2. The second-order valence-electron chi connectivity index (χ2n) is 3.37. The number of benzene rings is 1. The van der Waals surface area contributed by atoms with Gasteiger partial charge in [0.05, 0.1) is 6.42 Å². The van der Waals surface area contributed by atoms with Gasteiger partial charge in [-0.25, -0.2) is 0 Å². The second kappa shape index (κ2) is 4.41. The number of amides is 1. The number of nitrogens with one attached hydrogen (secondary N) is 1. The number of carbonyl (C=O) groups excluding carboxylic acids is 1. The Balaban J connectivity index is 2.21. The van der Waals surface area contributed by atoms with E-state index in [1.165, 1.54) is 0 Å². The van der Waals surface area contributed by atoms with Crippen molar-refractivity contribution in [1.29, 1.82) is 0 Å². The summed E-state index contributed by atoms with van der Waals surface area (Å²) in [5.41, 5.74) is 2.92. The van der Waals surface area contributed by atoms with Crippen LogP contribution in [0.1, 0.15) is 17.5 Å². The molecule has 3 heteroatoms. The molecule has 1 aliphatic heterocycles. The molecule has 76 valence electrons. The third-order valence-corrected chi connectivity index (χ3v) is 2.42. The molecule has 1 amide bonds. The lowest BCUT2D eigenvalue weighted by Gasteiger charge is -1.97. The Bertz CT molecular complexity index is 456. The van der Waals surface area contributed by atoms with Gasteiger partial charge in [-0.3, -0.25) is 4.79 Å². The molecule has 0 radical (unpaired) electrons. The highest BCUT2D eigenvalue weighted by atomic mass is 32.1. The SMILES string of the molecule is O=C1Cc2cc(C#CCCS)ccc2N1. The molecule has 1 N–H and O–H groups in total. The van der Waals surface area contributed by atoms with E-state index >= 15 is 0 Å². The van der Waals surface area contributed by atoms with Crippen molar-refractivity contribution in [3.05, 3.63) is 29.3 Å². The molecular formula is C12H11NOS. The largest absolute Gasteiger partial charge is 0.326 e. The molecule has 1 aromatic carbocycles. The Morgan fingerprint density at radius 2 is 2.33 bits per heavy atom. The van der Waals surface area contributed by atoms with E-state index in [1.54, 1.807) is 0 Å². The summed E-state index contributed by atoms with van der Waals surface area (Å²) in [6.45, 7) is 0. The highest BCUT2D eigenvalue weighted by Crippen LogP contribution is 2.23. The smallest absolute Gasteiger partial charge is 0.228 e. The van der Waals surface area contributed by atoms with Gasteiger partial charge in [-0.15, -0.1) is 0 Å². The molecule has 0 spiro atoms. The minimum Gasteiger partial charge on any atom is -0.326 e. The average molecular weight is 217 g/mol. The predicted molar refractivity (Wildman–Crippen MR) is 64.1 cm³/mol. The number of anilines is 1. The average Bonchev–Trinajstić information content (AvgIpc) is 2.57. The maximum absolute atomic E-state index is 11.1. The Hall–Kier alpha value is -1.40. The number of rotatable bonds is 1. The summed E-state index contributed by atoms with van der Waals surface area (Å²) < 4.78 is 0. The number of carbonyl (C=O) groups is 1. The van der Waals surface area contributed by atoms with Crippen molar-refractivity contribution in [1.82, 2.24) is 0 Å². The molecule has 0 unspecified atom stereocenters. The van der Waals surface area contributed by atoms with Crippen LogP contribution >= 0.6 is 12.6 Å². The molecule has 0 aromatic heterocycles. The van der Waals surface area contributed by atoms with Crippen molar-refractivity contribution in [3.63, 3.8) is 0 Å². The van der Waals surface area contributed by atoms with E-state index in [9.17, 15) is 4.79 Å². The molecule has 0 saturated carbocycles. The zero-order chi connectivity index (χ0) is 10.7. The Morgan fingerprint density at radius 1 is 1.47 bits per heavy atom. The van der Waals surface area contributed by atoms with Gasteiger partial charge in [0, 0.05) is 23.4 Å². The maximum Gasteiger partial charge on any atom is 0.228 e. The van der Waals surface area contributed by atoms with Gasteiger partial charge in [0.1, 0.15) is 0 Å². The van der Waals surface area contributed by atoms with Crippen LogP contribution in [0.2, 0.25) is 0 Å². The van der Waals surface area contributed by atoms with Crippen LogP contribution in [-0.2, 0) is 11.2 Å². The quantitative estimate of drug-likeness (QED) is 0.545. The van der Waals surface area contributed by atoms with Crippen LogP contribution in [0.5, 0.6) is 0 Å². The van der Waals surface area contributed by atoms with Crippen LogP contribution in [0, 0.1) is 11.8 Å². The first-order valence-electron chi connectivity index (χ1n) is 4.82. The number of hydrogen-bond acceptors (Lipinski definition) is 2. The molecule has 0 saturated heterocycles. The summed E-state index contributed by atoms with van der Waals surface area (Å²) in [5, 5.41) is 2.79. The van der Waals surface area contributed by atoms with Crippen molar-refractivity contribution >= 4 is 24.2 Å². The molecule has 1 aromatic rings. The van der Waals surface area contributed by atoms with Gasteiger partial charge < -0.3 is 5.32 Å². The first-order chi connectivity index (χ1) is 7.29. The summed E-state index contributed by atoms with van der Waals surface area (Å²) in [6, 6.07) is 5.81. The molecular weight excluding hydrogens is 206 g/mol. The number of fused-ring (bicyclic) bond motifs is 1. The standard InChI is InChI=1S/C12H11NOS/c14-12-8-10-7-9(3-1-2-6-15)4-5-11(10)13-12/h4-5,7,15H,2,6,8H2,(H,13,14). The summed E-state index contributed by atoms with van der Waals surface area (Å²) in [4.78, 5) is 11.1. The van der Waals surface area contributed by atoms with E-state index in [0.717, 1.165) is 29.0 Å². The summed E-state index contributed by atoms with van der Waals surface area (Å²) in [5.74, 6) is 6.91. The van der Waals surface area contributed by atoms with Crippen LogP contribution in [0.25, 0.3) is 0 Å². The molecule has 0 aliphatic carbocycles. The van der Waals surface area contributed by atoms with Crippen LogP contribution in [-0.4, -0.2) is 11.7 Å². The lowest BCUT2D eigenvalue weighted by molar-refractivity contribution is -0.115. The van der Waals surface area contributed by atoms with Crippen molar-refractivity contribution in [2.45, 2.75) is 12.8 Å². The topological polar surface area (TPSA) is 29.1 Å². The van der Waals surface area contributed by atoms with Crippen LogP contribution in [0.3, 0.4) is 0 Å². The molecule has 15 heavy (non-hydrogen) atoms. The lowest BCUT2D eigenvalue weighted by atomic mass is 10.1. The fourth-order valence-corrected chi connectivity index (χ4v) is 1.64. The van der Waals surface area contributed by atoms with Gasteiger partial charge in [-0.1, -0.05) is 11.8 Å². The fourth-order valence-electron chi connectivity index (χ4n) is 1.53. The summed E-state index contributed by atoms with van der Waals surface area (Å²) >= 11 is 4.09. The van der Waals surface area contributed by atoms with E-state index < -0.39 is 0 Å². The molecule has 1 heterocycles. The third-order valence-electron chi connectivity index (χ3n) is 2.20. The first kappa shape index (κ1) is 10.1. The van der Waals surface area contributed by atoms with Crippen molar-refractivity contribution in [3.8, 4) is 11.8 Å². The van der Waals surface area contributed by atoms with Gasteiger partial charge in [-0.2, -0.15) is 12.6 Å². The lowest BCUT2D eigenvalue weighted by Crippen LogP contribution is -2.03. The zero-order valence-electron chi connectivity index (χ0n) is 8.21. The highest BCUT2D eigenvalue weighted by molar-refractivity contribution is 7.80. The highest BCUT2D eigenvalue weighted by Gasteiger charge is 2.16. The van der Waals surface area contributed by atoms with Crippen molar-refractivity contribution in [2.24, 2.45) is 0 Å². The summed E-state index contributed by atoms with van der Waals surface area (Å²) in [7, 11) is 0. The van der Waals surface area contributed by atoms with E-state index in [-0.39, 0.29) is 5.91 Å². The Kier molecular flexibility index (Phi) is 2.98. The minimum atomic E-state index is 0.0606. The van der Waals surface area contributed by atoms with Gasteiger partial charge in [-0.05, 0) is 23.8 Å². The molecule has 2 rings (SSSR count). The van der Waals surface area contributed by atoms with Gasteiger partial charge in [0.2, 0.25) is 5.91 Å². The molecule has 1 aliphatic rings. The first-order valence-corrected chi connectivity index (χ1v) is 5.45. The monoisotopic (exact) mass is 217 g/mol. The van der Waals surface area contributed by atoms with E-state index in [0.29, 0.717) is 6.42 Å². The Labute approximate surface area is 94.5 Å². The third kappa shape index (κ3) is 2.34. The second-order valence-corrected chi connectivity index (χ2v) is 3.82. The van der Waals surface area contributed by atoms with E-state index in [2.05, 4.69) is 29.8 Å². The van der Waals surface area contributed by atoms with Gasteiger partial charge in [0.25, 0.3) is 0 Å². The summed E-state index contributed by atoms with van der Waals surface area (Å²) in [6.07, 6.45) is 1.26. The molecule has 0 atom stereocenters. The molecule has 0 fully saturated rings.